The quantitative estimate of drug-likeness (QED) is 0.438. The average Bonchev–Trinajstić information content (AvgIpc) is 3.40. The number of nitrogens with zero attached hydrogens (tertiary/aromatic N) is 5. The molecule has 1 aliphatic carbocycles. The summed E-state index contributed by atoms with van der Waals surface area (Å²) in [4.78, 5) is 11.7. The van der Waals surface area contributed by atoms with Crippen molar-refractivity contribution in [1.82, 2.24) is 19.6 Å². The number of anilines is 1. The van der Waals surface area contributed by atoms with Crippen molar-refractivity contribution in [2.45, 2.75) is 39.2 Å². The third-order valence-electron chi connectivity index (χ3n) is 7.72. The van der Waals surface area contributed by atoms with Crippen LogP contribution in [0.25, 0.3) is 16.8 Å². The van der Waals surface area contributed by atoms with E-state index < -0.39 is 0 Å². The highest BCUT2D eigenvalue weighted by Gasteiger charge is 2.46. The lowest BCUT2D eigenvalue weighted by Gasteiger charge is -2.42. The molecule has 4 aromatic rings. The second-order valence-corrected chi connectivity index (χ2v) is 9.98. The maximum atomic E-state index is 13.8. The molecule has 2 aliphatic rings. The van der Waals surface area contributed by atoms with Gasteiger partial charge in [0.2, 0.25) is 0 Å². The molecule has 4 heterocycles. The molecule has 8 heteroatoms. The second kappa shape index (κ2) is 7.75. The van der Waals surface area contributed by atoms with Gasteiger partial charge in [0.25, 0.3) is 0 Å². The summed E-state index contributed by atoms with van der Waals surface area (Å²) in [7, 11) is 0. The number of rotatable bonds is 2. The van der Waals surface area contributed by atoms with Crippen molar-refractivity contribution in [3.63, 3.8) is 0 Å². The molecule has 2 N–H and O–H groups in total. The Morgan fingerprint density at radius 1 is 1.09 bits per heavy atom. The van der Waals surface area contributed by atoms with Gasteiger partial charge in [-0.25, -0.2) is 13.9 Å². The van der Waals surface area contributed by atoms with E-state index in [-0.39, 0.29) is 17.3 Å². The molecule has 1 saturated heterocycles. The van der Waals surface area contributed by atoms with Crippen LogP contribution in [0.1, 0.15) is 41.4 Å². The van der Waals surface area contributed by atoms with Gasteiger partial charge in [-0.3, -0.25) is 4.98 Å². The van der Waals surface area contributed by atoms with Gasteiger partial charge in [0.1, 0.15) is 11.3 Å². The Hall–Kier alpha value is -3.03. The van der Waals surface area contributed by atoms with Crippen LogP contribution >= 0.6 is 11.6 Å². The first-order valence-electron chi connectivity index (χ1n) is 11.6. The summed E-state index contributed by atoms with van der Waals surface area (Å²) >= 11 is 6.61. The van der Waals surface area contributed by atoms with Crippen molar-refractivity contribution in [2.75, 3.05) is 18.0 Å². The van der Waals surface area contributed by atoms with Gasteiger partial charge in [0, 0.05) is 30.9 Å². The molecule has 0 unspecified atom stereocenters. The minimum Gasteiger partial charge on any atom is -0.355 e. The van der Waals surface area contributed by atoms with Crippen LogP contribution in [-0.4, -0.2) is 32.7 Å². The van der Waals surface area contributed by atoms with E-state index in [2.05, 4.69) is 15.0 Å². The zero-order chi connectivity index (χ0) is 23.6. The fourth-order valence-electron chi connectivity index (χ4n) is 5.83. The minimum atomic E-state index is -0.212. The lowest BCUT2D eigenvalue weighted by molar-refractivity contribution is 0.187. The molecule has 6 nitrogen and oxygen atoms in total. The average molecular weight is 477 g/mol. The molecule has 1 aliphatic heterocycles. The summed E-state index contributed by atoms with van der Waals surface area (Å²) in [6.07, 6.45) is 6.34. The molecule has 1 atom stereocenters. The largest absolute Gasteiger partial charge is 0.355 e. The molecule has 174 valence electrons. The van der Waals surface area contributed by atoms with Crippen LogP contribution in [0.4, 0.5) is 10.2 Å². The number of fused-ring (bicyclic) bond motifs is 2. The number of pyridine rings is 1. The van der Waals surface area contributed by atoms with E-state index >= 15 is 0 Å². The number of nitrogens with two attached hydrogens (primary N) is 1. The summed E-state index contributed by atoms with van der Waals surface area (Å²) in [6.45, 7) is 5.57. The molecule has 6 rings (SSSR count). The summed E-state index contributed by atoms with van der Waals surface area (Å²) in [6, 6.07) is 8.83. The highest BCUT2D eigenvalue weighted by atomic mass is 35.5. The fraction of sp³-hybridized carbons (Fsp3) is 0.346. The van der Waals surface area contributed by atoms with Gasteiger partial charge in [0.05, 0.1) is 28.3 Å². The Morgan fingerprint density at radius 2 is 1.88 bits per heavy atom. The number of hydrogen-bond acceptors (Lipinski definition) is 5. The van der Waals surface area contributed by atoms with Crippen LogP contribution in [0.3, 0.4) is 0 Å². The minimum absolute atomic E-state index is 0.0275. The topological polar surface area (TPSA) is 72.3 Å². The Labute approximate surface area is 202 Å². The van der Waals surface area contributed by atoms with E-state index in [1.54, 1.807) is 24.5 Å². The van der Waals surface area contributed by atoms with E-state index in [4.69, 9.17) is 22.3 Å². The summed E-state index contributed by atoms with van der Waals surface area (Å²) in [5.41, 5.74) is 13.1. The number of aryl methyl sites for hydroxylation is 2. The maximum Gasteiger partial charge on any atom is 0.155 e. The predicted octanol–water partition coefficient (Wildman–Crippen LogP) is 5.04. The van der Waals surface area contributed by atoms with E-state index in [9.17, 15) is 4.39 Å². The number of piperidine rings is 1. The maximum absolute atomic E-state index is 13.8. The molecule has 34 heavy (non-hydrogen) atoms. The van der Waals surface area contributed by atoms with Gasteiger partial charge in [-0.2, -0.15) is 5.10 Å². The Balaban J connectivity index is 1.33. The van der Waals surface area contributed by atoms with E-state index in [0.29, 0.717) is 5.02 Å². The van der Waals surface area contributed by atoms with Crippen molar-refractivity contribution >= 4 is 22.9 Å². The summed E-state index contributed by atoms with van der Waals surface area (Å²) in [5.74, 6) is 0.710. The first-order valence-corrected chi connectivity index (χ1v) is 12.0. The van der Waals surface area contributed by atoms with E-state index in [0.717, 1.165) is 71.9 Å². The van der Waals surface area contributed by atoms with Crippen LogP contribution < -0.4 is 10.6 Å². The lowest BCUT2D eigenvalue weighted by Crippen LogP contribution is -2.44. The standard InChI is InChI=1S/C26H26ClFN6/c1-15-22(27)19(5-9-30-15)23-16(2)32-25(21-6-10-31-34(21)23)33-11-7-26(8-12-33)14-17-3-4-18(28)13-20(17)24(26)29/h3-6,9-10,13,24H,7-8,11-12,14,29H2,1-2H3/t24-/m1/s1. The Bertz CT molecular complexity index is 1420. The highest BCUT2D eigenvalue weighted by molar-refractivity contribution is 6.33. The number of halogens is 2. The first-order chi connectivity index (χ1) is 16.4. The number of hydrogen-bond donors (Lipinski definition) is 1. The van der Waals surface area contributed by atoms with E-state index in [1.165, 1.54) is 5.56 Å². The van der Waals surface area contributed by atoms with Crippen LogP contribution in [0.2, 0.25) is 5.02 Å². The van der Waals surface area contributed by atoms with Crippen molar-refractivity contribution in [3.05, 3.63) is 76.1 Å². The van der Waals surface area contributed by atoms with E-state index in [1.807, 2.05) is 36.6 Å². The molecule has 1 aromatic carbocycles. The van der Waals surface area contributed by atoms with Crippen molar-refractivity contribution < 1.29 is 4.39 Å². The molecule has 0 saturated carbocycles. The molecule has 1 fully saturated rings. The summed E-state index contributed by atoms with van der Waals surface area (Å²) in [5, 5.41) is 5.23. The second-order valence-electron chi connectivity index (χ2n) is 9.60. The number of aromatic nitrogens is 4. The smallest absolute Gasteiger partial charge is 0.155 e. The first kappa shape index (κ1) is 21.5. The molecule has 0 amide bonds. The Morgan fingerprint density at radius 3 is 2.68 bits per heavy atom. The zero-order valence-corrected chi connectivity index (χ0v) is 20.0. The van der Waals surface area contributed by atoms with Gasteiger partial charge < -0.3 is 10.6 Å². The van der Waals surface area contributed by atoms with Gasteiger partial charge in [-0.15, -0.1) is 0 Å². The van der Waals surface area contributed by atoms with Gasteiger partial charge >= 0.3 is 0 Å². The third-order valence-corrected chi connectivity index (χ3v) is 8.20. The van der Waals surface area contributed by atoms with Crippen molar-refractivity contribution in [2.24, 2.45) is 11.1 Å². The predicted molar refractivity (Wildman–Crippen MR) is 132 cm³/mol. The molecule has 0 bridgehead atoms. The van der Waals surface area contributed by atoms with Crippen LogP contribution in [0.15, 0.2) is 42.7 Å². The fourth-order valence-corrected chi connectivity index (χ4v) is 6.03. The van der Waals surface area contributed by atoms with Gasteiger partial charge in [-0.05, 0) is 73.9 Å². The third kappa shape index (κ3) is 3.14. The normalized spacial score (nSPS) is 19.2. The van der Waals surface area contributed by atoms with Crippen molar-refractivity contribution in [1.29, 1.82) is 0 Å². The molecular weight excluding hydrogens is 451 g/mol. The summed E-state index contributed by atoms with van der Waals surface area (Å²) < 4.78 is 15.8. The number of benzene rings is 1. The lowest BCUT2D eigenvalue weighted by atomic mass is 9.73. The molecular formula is C26H26ClFN6. The zero-order valence-electron chi connectivity index (χ0n) is 19.2. The molecule has 0 radical (unpaired) electrons. The van der Waals surface area contributed by atoms with Gasteiger partial charge in [-0.1, -0.05) is 17.7 Å². The molecule has 1 spiro atoms. The highest BCUT2D eigenvalue weighted by Crippen LogP contribution is 2.51. The van der Waals surface area contributed by atoms with Gasteiger partial charge in [0.15, 0.2) is 5.82 Å². The van der Waals surface area contributed by atoms with Crippen molar-refractivity contribution in [3.8, 4) is 11.3 Å². The monoisotopic (exact) mass is 476 g/mol. The van der Waals surface area contributed by atoms with Crippen LogP contribution in [0, 0.1) is 25.1 Å². The van der Waals surface area contributed by atoms with Crippen LogP contribution in [0.5, 0.6) is 0 Å². The van der Waals surface area contributed by atoms with Crippen LogP contribution in [-0.2, 0) is 6.42 Å². The SMILES string of the molecule is Cc1nccc(-c2c(C)nc(N3CCC4(CC3)Cc3ccc(F)cc3[C@H]4N)c3ccnn23)c1Cl. The molecule has 3 aromatic heterocycles. The Kier molecular flexibility index (Phi) is 4.90.